The first-order valence-electron chi connectivity index (χ1n) is 6.37. The standard InChI is InChI=1S/C13H16F3NO4S/c1-8(2)3-4-22(20,21)17-11-6-9(12(18)19)5-10(7-11)13(14,15)16/h5-8,17H,3-4H2,1-2H3,(H,18,19). The highest BCUT2D eigenvalue weighted by atomic mass is 32.2. The Bertz CT molecular complexity index is 654. The molecule has 0 aliphatic rings. The lowest BCUT2D eigenvalue weighted by Crippen LogP contribution is -2.19. The van der Waals surface area contributed by atoms with Gasteiger partial charge >= 0.3 is 12.1 Å². The van der Waals surface area contributed by atoms with E-state index in [0.717, 1.165) is 6.07 Å². The molecule has 0 radical (unpaired) electrons. The summed E-state index contributed by atoms with van der Waals surface area (Å²) in [6.45, 7) is 3.62. The van der Waals surface area contributed by atoms with Crippen molar-refractivity contribution >= 4 is 21.7 Å². The summed E-state index contributed by atoms with van der Waals surface area (Å²) < 4.78 is 63.8. The molecule has 9 heteroatoms. The summed E-state index contributed by atoms with van der Waals surface area (Å²) in [4.78, 5) is 10.9. The Hall–Kier alpha value is -1.77. The van der Waals surface area contributed by atoms with E-state index in [4.69, 9.17) is 5.11 Å². The molecule has 5 nitrogen and oxygen atoms in total. The Balaban J connectivity index is 3.14. The maximum atomic E-state index is 12.7. The molecular formula is C13H16F3NO4S. The predicted octanol–water partition coefficient (Wildman–Crippen LogP) is 3.19. The van der Waals surface area contributed by atoms with Gasteiger partial charge in [-0.2, -0.15) is 13.2 Å². The maximum Gasteiger partial charge on any atom is 0.416 e. The zero-order valence-corrected chi connectivity index (χ0v) is 12.8. The van der Waals surface area contributed by atoms with Crippen LogP contribution in [0.5, 0.6) is 0 Å². The van der Waals surface area contributed by atoms with Crippen molar-refractivity contribution in [2.75, 3.05) is 10.5 Å². The third-order valence-corrected chi connectivity index (χ3v) is 4.06. The van der Waals surface area contributed by atoms with Gasteiger partial charge in [0.05, 0.1) is 16.9 Å². The molecule has 0 aliphatic heterocycles. The van der Waals surface area contributed by atoms with Crippen LogP contribution in [0, 0.1) is 5.92 Å². The highest BCUT2D eigenvalue weighted by Gasteiger charge is 2.32. The number of benzene rings is 1. The van der Waals surface area contributed by atoms with Crippen LogP contribution in [-0.2, 0) is 16.2 Å². The molecular weight excluding hydrogens is 323 g/mol. The molecule has 0 atom stereocenters. The van der Waals surface area contributed by atoms with Crippen LogP contribution in [0.25, 0.3) is 0 Å². The molecule has 0 aliphatic carbocycles. The molecule has 0 saturated carbocycles. The maximum absolute atomic E-state index is 12.7. The molecule has 22 heavy (non-hydrogen) atoms. The van der Waals surface area contributed by atoms with Gasteiger partial charge in [-0.25, -0.2) is 13.2 Å². The van der Waals surface area contributed by atoms with E-state index in [9.17, 15) is 26.4 Å². The zero-order valence-electron chi connectivity index (χ0n) is 11.9. The third-order valence-electron chi connectivity index (χ3n) is 2.74. The smallest absolute Gasteiger partial charge is 0.416 e. The molecule has 1 rings (SSSR count). The summed E-state index contributed by atoms with van der Waals surface area (Å²) in [6, 6.07) is 1.87. The number of hydrogen-bond donors (Lipinski definition) is 2. The quantitative estimate of drug-likeness (QED) is 0.834. The Morgan fingerprint density at radius 1 is 1.27 bits per heavy atom. The van der Waals surface area contributed by atoms with Gasteiger partial charge in [0.1, 0.15) is 0 Å². The molecule has 0 aromatic heterocycles. The van der Waals surface area contributed by atoms with Crippen molar-refractivity contribution in [3.05, 3.63) is 29.3 Å². The van der Waals surface area contributed by atoms with E-state index in [0.29, 0.717) is 18.6 Å². The fourth-order valence-electron chi connectivity index (χ4n) is 1.60. The van der Waals surface area contributed by atoms with E-state index in [-0.39, 0.29) is 11.7 Å². The third kappa shape index (κ3) is 5.55. The molecule has 0 fully saturated rings. The van der Waals surface area contributed by atoms with Crippen LogP contribution in [-0.4, -0.2) is 25.2 Å². The van der Waals surface area contributed by atoms with E-state index in [1.165, 1.54) is 0 Å². The fourth-order valence-corrected chi connectivity index (χ4v) is 2.96. The lowest BCUT2D eigenvalue weighted by Gasteiger charge is -2.13. The van der Waals surface area contributed by atoms with Crippen LogP contribution in [0.15, 0.2) is 18.2 Å². The van der Waals surface area contributed by atoms with Crippen molar-refractivity contribution in [3.63, 3.8) is 0 Å². The number of carbonyl (C=O) groups is 1. The van der Waals surface area contributed by atoms with Gasteiger partial charge in [-0.05, 0) is 30.5 Å². The number of sulfonamides is 1. The fraction of sp³-hybridized carbons (Fsp3) is 0.462. The van der Waals surface area contributed by atoms with Crippen LogP contribution in [0.2, 0.25) is 0 Å². The summed E-state index contributed by atoms with van der Waals surface area (Å²) in [7, 11) is -3.84. The van der Waals surface area contributed by atoms with Gasteiger partial charge in [0.25, 0.3) is 0 Å². The number of anilines is 1. The van der Waals surface area contributed by atoms with Crippen LogP contribution in [0.4, 0.5) is 18.9 Å². The van der Waals surface area contributed by atoms with Gasteiger partial charge in [0.15, 0.2) is 0 Å². The lowest BCUT2D eigenvalue weighted by atomic mass is 10.1. The highest BCUT2D eigenvalue weighted by molar-refractivity contribution is 7.92. The second-order valence-electron chi connectivity index (χ2n) is 5.21. The lowest BCUT2D eigenvalue weighted by molar-refractivity contribution is -0.137. The second kappa shape index (κ2) is 6.55. The number of carboxylic acid groups (broad SMARTS) is 1. The van der Waals surface area contributed by atoms with Gasteiger partial charge in [-0.15, -0.1) is 0 Å². The molecule has 0 bridgehead atoms. The summed E-state index contributed by atoms with van der Waals surface area (Å²) in [5.74, 6) is -1.73. The summed E-state index contributed by atoms with van der Waals surface area (Å²) >= 11 is 0. The summed E-state index contributed by atoms with van der Waals surface area (Å²) in [5.41, 5.74) is -2.29. The van der Waals surface area contributed by atoms with Crippen molar-refractivity contribution in [1.82, 2.24) is 0 Å². The summed E-state index contributed by atoms with van der Waals surface area (Å²) in [5, 5.41) is 8.83. The monoisotopic (exact) mass is 339 g/mol. The molecule has 0 heterocycles. The average molecular weight is 339 g/mol. The Kier molecular flexibility index (Phi) is 5.44. The van der Waals surface area contributed by atoms with Crippen LogP contribution in [0.1, 0.15) is 36.2 Å². The molecule has 2 N–H and O–H groups in total. The van der Waals surface area contributed by atoms with Crippen molar-refractivity contribution in [2.45, 2.75) is 26.4 Å². The van der Waals surface area contributed by atoms with E-state index in [1.54, 1.807) is 0 Å². The SMILES string of the molecule is CC(C)CCS(=O)(=O)Nc1cc(C(=O)O)cc(C(F)(F)F)c1. The normalized spacial score (nSPS) is 12.5. The van der Waals surface area contributed by atoms with Crippen LogP contribution in [0.3, 0.4) is 0 Å². The molecule has 0 saturated heterocycles. The number of halogens is 3. The number of aromatic carboxylic acids is 1. The van der Waals surface area contributed by atoms with E-state index in [2.05, 4.69) is 0 Å². The largest absolute Gasteiger partial charge is 0.478 e. The molecule has 1 aromatic carbocycles. The Labute approximate surface area is 126 Å². The molecule has 0 spiro atoms. The van der Waals surface area contributed by atoms with Gasteiger partial charge in [0, 0.05) is 5.69 Å². The van der Waals surface area contributed by atoms with E-state index >= 15 is 0 Å². The Morgan fingerprint density at radius 2 is 1.86 bits per heavy atom. The van der Waals surface area contributed by atoms with Gasteiger partial charge in [-0.1, -0.05) is 13.8 Å². The summed E-state index contributed by atoms with van der Waals surface area (Å²) in [6.07, 6.45) is -4.44. The molecule has 0 amide bonds. The van der Waals surface area contributed by atoms with Crippen LogP contribution < -0.4 is 4.72 Å². The highest BCUT2D eigenvalue weighted by Crippen LogP contribution is 2.32. The first-order chi connectivity index (χ1) is 9.90. The first-order valence-corrected chi connectivity index (χ1v) is 8.02. The topological polar surface area (TPSA) is 83.5 Å². The van der Waals surface area contributed by atoms with Gasteiger partial charge in [0.2, 0.25) is 10.0 Å². The van der Waals surface area contributed by atoms with Crippen molar-refractivity contribution in [3.8, 4) is 0 Å². The minimum absolute atomic E-state index is 0.104. The van der Waals surface area contributed by atoms with Crippen LogP contribution >= 0.6 is 0 Å². The van der Waals surface area contributed by atoms with Crippen molar-refractivity contribution in [2.24, 2.45) is 5.92 Å². The molecule has 1 aromatic rings. The van der Waals surface area contributed by atoms with Gasteiger partial charge in [-0.3, -0.25) is 4.72 Å². The first kappa shape index (κ1) is 18.3. The van der Waals surface area contributed by atoms with Crippen molar-refractivity contribution in [1.29, 1.82) is 0 Å². The molecule has 124 valence electrons. The minimum Gasteiger partial charge on any atom is -0.478 e. The predicted molar refractivity (Wildman–Crippen MR) is 75.3 cm³/mol. The Morgan fingerprint density at radius 3 is 2.32 bits per heavy atom. The zero-order chi connectivity index (χ0) is 17.1. The number of nitrogens with one attached hydrogen (secondary N) is 1. The minimum atomic E-state index is -4.77. The van der Waals surface area contributed by atoms with E-state index < -0.39 is 39.0 Å². The van der Waals surface area contributed by atoms with Crippen molar-refractivity contribution < 1.29 is 31.5 Å². The van der Waals surface area contributed by atoms with E-state index in [1.807, 2.05) is 18.6 Å². The number of rotatable bonds is 6. The number of hydrogen-bond acceptors (Lipinski definition) is 3. The molecule has 0 unspecified atom stereocenters. The average Bonchev–Trinajstić information content (AvgIpc) is 2.34. The number of alkyl halides is 3. The number of carboxylic acids is 1. The van der Waals surface area contributed by atoms with Gasteiger partial charge < -0.3 is 5.11 Å². The second-order valence-corrected chi connectivity index (χ2v) is 7.05.